The Balaban J connectivity index is 2.88. The van der Waals surface area contributed by atoms with Crippen molar-refractivity contribution in [1.29, 1.82) is 0 Å². The zero-order valence-electron chi connectivity index (χ0n) is 9.99. The molecule has 0 bridgehead atoms. The first-order valence-corrected chi connectivity index (χ1v) is 5.46. The molecule has 0 heterocycles. The predicted octanol–water partition coefficient (Wildman–Crippen LogP) is 3.09. The summed E-state index contributed by atoms with van der Waals surface area (Å²) in [6.45, 7) is 4.25. The quantitative estimate of drug-likeness (QED) is 0.651. The van der Waals surface area contributed by atoms with Crippen LogP contribution in [0.1, 0.15) is 13.8 Å². The molecule has 0 aromatic heterocycles. The van der Waals surface area contributed by atoms with Crippen molar-refractivity contribution in [2.45, 2.75) is 19.4 Å². The number of hydrogen-bond donors (Lipinski definition) is 1. The lowest BCUT2D eigenvalue weighted by Crippen LogP contribution is -2.32. The van der Waals surface area contributed by atoms with Crippen LogP contribution in [0.25, 0.3) is 0 Å². The van der Waals surface area contributed by atoms with Gasteiger partial charge in [-0.3, -0.25) is 10.1 Å². The highest BCUT2D eigenvalue weighted by Gasteiger charge is 2.19. The first-order valence-electron chi connectivity index (χ1n) is 5.09. The number of benzene rings is 1. The van der Waals surface area contributed by atoms with E-state index < -0.39 is 10.5 Å². The van der Waals surface area contributed by atoms with Crippen molar-refractivity contribution >= 4 is 23.0 Å². The highest BCUT2D eigenvalue weighted by atomic mass is 35.5. The van der Waals surface area contributed by atoms with Gasteiger partial charge in [0, 0.05) is 24.7 Å². The Morgan fingerprint density at radius 3 is 2.71 bits per heavy atom. The SMILES string of the molecule is COC(C)(C)CNc1ccc(Cl)cc1[N+](=O)[O-]. The fourth-order valence-electron chi connectivity index (χ4n) is 1.19. The molecule has 1 N–H and O–H groups in total. The lowest BCUT2D eigenvalue weighted by molar-refractivity contribution is -0.383. The smallest absolute Gasteiger partial charge is 0.293 e. The molecule has 0 saturated heterocycles. The van der Waals surface area contributed by atoms with Gasteiger partial charge in [-0.1, -0.05) is 11.6 Å². The molecule has 17 heavy (non-hydrogen) atoms. The highest BCUT2D eigenvalue weighted by Crippen LogP contribution is 2.28. The summed E-state index contributed by atoms with van der Waals surface area (Å²) >= 11 is 5.72. The molecule has 0 unspecified atom stereocenters. The Morgan fingerprint density at radius 2 is 2.18 bits per heavy atom. The molecule has 0 aliphatic rings. The summed E-state index contributed by atoms with van der Waals surface area (Å²) in [4.78, 5) is 10.4. The molecule has 6 heteroatoms. The molecule has 5 nitrogen and oxygen atoms in total. The van der Waals surface area contributed by atoms with Crippen LogP contribution in [0.2, 0.25) is 5.02 Å². The summed E-state index contributed by atoms with van der Waals surface area (Å²) in [5.41, 5.74) is 0.00182. The van der Waals surface area contributed by atoms with Crippen LogP contribution in [0.4, 0.5) is 11.4 Å². The van der Waals surface area contributed by atoms with E-state index in [1.54, 1.807) is 19.2 Å². The third kappa shape index (κ3) is 3.87. The summed E-state index contributed by atoms with van der Waals surface area (Å²) in [5, 5.41) is 14.2. The number of nitrogens with one attached hydrogen (secondary N) is 1. The number of nitrogens with zero attached hydrogens (tertiary/aromatic N) is 1. The van der Waals surface area contributed by atoms with Crippen molar-refractivity contribution in [3.63, 3.8) is 0 Å². The van der Waals surface area contributed by atoms with E-state index in [1.165, 1.54) is 6.07 Å². The molecule has 0 atom stereocenters. The van der Waals surface area contributed by atoms with E-state index in [2.05, 4.69) is 5.32 Å². The van der Waals surface area contributed by atoms with Crippen molar-refractivity contribution in [3.05, 3.63) is 33.3 Å². The second kappa shape index (κ2) is 5.33. The lowest BCUT2D eigenvalue weighted by atomic mass is 10.1. The molecule has 0 fully saturated rings. The Kier molecular flexibility index (Phi) is 4.31. The summed E-state index contributed by atoms with van der Waals surface area (Å²) in [5.74, 6) is 0. The molecule has 1 aromatic rings. The maximum Gasteiger partial charge on any atom is 0.293 e. The number of halogens is 1. The number of anilines is 1. The van der Waals surface area contributed by atoms with Crippen LogP contribution in [-0.2, 0) is 4.74 Å². The molecule has 1 aromatic carbocycles. The van der Waals surface area contributed by atoms with Crippen LogP contribution in [0.5, 0.6) is 0 Å². The standard InChI is InChI=1S/C11H15ClN2O3/c1-11(2,17-3)7-13-9-5-4-8(12)6-10(9)14(15)16/h4-6,13H,7H2,1-3H3. The Hall–Kier alpha value is -1.33. The molecule has 0 radical (unpaired) electrons. The van der Waals surface area contributed by atoms with Crippen LogP contribution >= 0.6 is 11.6 Å². The Labute approximate surface area is 105 Å². The van der Waals surface area contributed by atoms with Gasteiger partial charge >= 0.3 is 0 Å². The average molecular weight is 259 g/mol. The highest BCUT2D eigenvalue weighted by molar-refractivity contribution is 6.30. The molecule has 0 aliphatic carbocycles. The van der Waals surface area contributed by atoms with E-state index in [4.69, 9.17) is 16.3 Å². The van der Waals surface area contributed by atoms with Crippen molar-refractivity contribution in [2.75, 3.05) is 19.0 Å². The molecule has 1 rings (SSSR count). The molecular weight excluding hydrogens is 244 g/mol. The number of nitro groups is 1. The molecule has 0 aliphatic heterocycles. The van der Waals surface area contributed by atoms with Gasteiger partial charge in [0.25, 0.3) is 5.69 Å². The van der Waals surface area contributed by atoms with E-state index in [1.807, 2.05) is 13.8 Å². The van der Waals surface area contributed by atoms with Crippen molar-refractivity contribution in [1.82, 2.24) is 0 Å². The summed E-state index contributed by atoms with van der Waals surface area (Å²) in [7, 11) is 1.60. The second-order valence-corrected chi connectivity index (χ2v) is 4.67. The van der Waals surface area contributed by atoms with E-state index in [-0.39, 0.29) is 5.69 Å². The normalized spacial score (nSPS) is 11.3. The number of ether oxygens (including phenoxy) is 1. The predicted molar refractivity (Wildman–Crippen MR) is 67.7 cm³/mol. The van der Waals surface area contributed by atoms with Gasteiger partial charge < -0.3 is 10.1 Å². The number of hydrogen-bond acceptors (Lipinski definition) is 4. The molecular formula is C11H15ClN2O3. The van der Waals surface area contributed by atoms with Crippen molar-refractivity contribution < 1.29 is 9.66 Å². The molecule has 0 saturated carbocycles. The molecule has 0 spiro atoms. The molecule has 0 amide bonds. The van der Waals surface area contributed by atoms with E-state index in [0.29, 0.717) is 17.3 Å². The summed E-state index contributed by atoms with van der Waals surface area (Å²) in [6.07, 6.45) is 0. The maximum atomic E-state index is 10.8. The largest absolute Gasteiger partial charge is 0.377 e. The minimum Gasteiger partial charge on any atom is -0.377 e. The van der Waals surface area contributed by atoms with E-state index in [9.17, 15) is 10.1 Å². The lowest BCUT2D eigenvalue weighted by Gasteiger charge is -2.23. The van der Waals surface area contributed by atoms with Crippen molar-refractivity contribution in [3.8, 4) is 0 Å². The van der Waals surface area contributed by atoms with Crippen molar-refractivity contribution in [2.24, 2.45) is 0 Å². The van der Waals surface area contributed by atoms with Gasteiger partial charge in [0.15, 0.2) is 0 Å². The Bertz CT molecular complexity index is 421. The van der Waals surface area contributed by atoms with Crippen LogP contribution in [0.3, 0.4) is 0 Å². The summed E-state index contributed by atoms with van der Waals surface area (Å²) in [6, 6.07) is 4.52. The van der Waals surface area contributed by atoms with Gasteiger partial charge in [-0.05, 0) is 26.0 Å². The van der Waals surface area contributed by atoms with Gasteiger partial charge in [0.1, 0.15) is 5.69 Å². The first kappa shape index (κ1) is 13.7. The fraction of sp³-hybridized carbons (Fsp3) is 0.455. The van der Waals surface area contributed by atoms with Gasteiger partial charge in [-0.2, -0.15) is 0 Å². The topological polar surface area (TPSA) is 64.4 Å². The minimum atomic E-state index is -0.464. The van der Waals surface area contributed by atoms with Crippen LogP contribution < -0.4 is 5.32 Å². The number of nitro benzene ring substituents is 1. The van der Waals surface area contributed by atoms with Crippen LogP contribution in [0, 0.1) is 10.1 Å². The second-order valence-electron chi connectivity index (χ2n) is 4.24. The monoisotopic (exact) mass is 258 g/mol. The van der Waals surface area contributed by atoms with Gasteiger partial charge in [-0.15, -0.1) is 0 Å². The first-order chi connectivity index (χ1) is 7.85. The fourth-order valence-corrected chi connectivity index (χ4v) is 1.35. The number of rotatable bonds is 5. The Morgan fingerprint density at radius 1 is 1.53 bits per heavy atom. The zero-order valence-corrected chi connectivity index (χ0v) is 10.7. The maximum absolute atomic E-state index is 10.8. The third-order valence-corrected chi connectivity index (χ3v) is 2.65. The van der Waals surface area contributed by atoms with Crippen LogP contribution in [-0.4, -0.2) is 24.2 Å². The van der Waals surface area contributed by atoms with Gasteiger partial charge in [-0.25, -0.2) is 0 Å². The van der Waals surface area contributed by atoms with Gasteiger partial charge in [0.2, 0.25) is 0 Å². The zero-order chi connectivity index (χ0) is 13.1. The summed E-state index contributed by atoms with van der Waals surface area (Å²) < 4.78 is 5.23. The minimum absolute atomic E-state index is 0.0376. The van der Waals surface area contributed by atoms with Crippen LogP contribution in [0.15, 0.2) is 18.2 Å². The molecule has 94 valence electrons. The number of methoxy groups -OCH3 is 1. The van der Waals surface area contributed by atoms with E-state index in [0.717, 1.165) is 0 Å². The van der Waals surface area contributed by atoms with Gasteiger partial charge in [0.05, 0.1) is 10.5 Å². The third-order valence-electron chi connectivity index (χ3n) is 2.41. The average Bonchev–Trinajstić information content (AvgIpc) is 2.27. The van der Waals surface area contributed by atoms with E-state index >= 15 is 0 Å².